The molecule has 0 aromatic carbocycles. The van der Waals surface area contributed by atoms with E-state index in [0.717, 1.165) is 19.3 Å². The summed E-state index contributed by atoms with van der Waals surface area (Å²) in [6.45, 7) is 7.54. The van der Waals surface area contributed by atoms with E-state index in [4.69, 9.17) is 18.9 Å². The first-order valence-corrected chi connectivity index (χ1v) is 8.11. The van der Waals surface area contributed by atoms with Crippen LogP contribution in [0.4, 0.5) is 0 Å². The normalized spacial score (nSPS) is 32.2. The SMILES string of the molecule is C[C@H](CCCCC(=O)OC(C)(C)C)O[C@@H]1OC2O[C@@H]2C[C@@H]1O. The third-order valence-corrected chi connectivity index (χ3v) is 3.62. The molecule has 2 rings (SSSR count). The van der Waals surface area contributed by atoms with E-state index >= 15 is 0 Å². The maximum Gasteiger partial charge on any atom is 0.306 e. The van der Waals surface area contributed by atoms with Crippen molar-refractivity contribution in [1.82, 2.24) is 0 Å². The van der Waals surface area contributed by atoms with Gasteiger partial charge in [-0.25, -0.2) is 0 Å². The predicted molar refractivity (Wildman–Crippen MR) is 79.0 cm³/mol. The number of aliphatic hydroxyl groups excluding tert-OH is 1. The molecule has 6 heteroatoms. The van der Waals surface area contributed by atoms with Gasteiger partial charge in [-0.3, -0.25) is 4.79 Å². The molecule has 128 valence electrons. The molecule has 2 saturated heterocycles. The van der Waals surface area contributed by atoms with Gasteiger partial charge in [0.1, 0.15) is 17.8 Å². The van der Waals surface area contributed by atoms with Crippen molar-refractivity contribution in [2.75, 3.05) is 0 Å². The van der Waals surface area contributed by atoms with Crippen LogP contribution in [0.25, 0.3) is 0 Å². The number of carbonyl (C=O) groups is 1. The van der Waals surface area contributed by atoms with Crippen LogP contribution in [0.1, 0.15) is 59.8 Å². The van der Waals surface area contributed by atoms with Gasteiger partial charge < -0.3 is 24.1 Å². The van der Waals surface area contributed by atoms with Crippen LogP contribution in [0.3, 0.4) is 0 Å². The molecule has 2 heterocycles. The molecule has 0 aromatic rings. The lowest BCUT2D eigenvalue weighted by Gasteiger charge is -2.28. The number of hydrogen-bond acceptors (Lipinski definition) is 6. The second-order valence-electron chi connectivity index (χ2n) is 7.13. The molecule has 2 aliphatic heterocycles. The van der Waals surface area contributed by atoms with Gasteiger partial charge >= 0.3 is 5.97 Å². The lowest BCUT2D eigenvalue weighted by atomic mass is 10.1. The van der Waals surface area contributed by atoms with Gasteiger partial charge in [0.25, 0.3) is 0 Å². The van der Waals surface area contributed by atoms with Gasteiger partial charge in [0, 0.05) is 12.8 Å². The lowest BCUT2D eigenvalue weighted by Crippen LogP contribution is -2.40. The smallest absolute Gasteiger partial charge is 0.306 e. The molecule has 0 saturated carbocycles. The Labute approximate surface area is 132 Å². The van der Waals surface area contributed by atoms with Crippen molar-refractivity contribution in [3.63, 3.8) is 0 Å². The molecule has 0 amide bonds. The molecule has 22 heavy (non-hydrogen) atoms. The fourth-order valence-corrected chi connectivity index (χ4v) is 2.50. The minimum Gasteiger partial charge on any atom is -0.460 e. The van der Waals surface area contributed by atoms with E-state index in [1.165, 1.54) is 0 Å². The van der Waals surface area contributed by atoms with Crippen LogP contribution in [-0.2, 0) is 23.7 Å². The van der Waals surface area contributed by atoms with E-state index < -0.39 is 18.0 Å². The summed E-state index contributed by atoms with van der Waals surface area (Å²) >= 11 is 0. The summed E-state index contributed by atoms with van der Waals surface area (Å²) in [7, 11) is 0. The van der Waals surface area contributed by atoms with Crippen molar-refractivity contribution >= 4 is 5.97 Å². The van der Waals surface area contributed by atoms with Crippen molar-refractivity contribution in [2.24, 2.45) is 0 Å². The number of unbranched alkanes of at least 4 members (excludes halogenated alkanes) is 1. The first kappa shape index (κ1) is 17.7. The maximum absolute atomic E-state index is 11.6. The van der Waals surface area contributed by atoms with Gasteiger partial charge in [0.2, 0.25) is 0 Å². The molecule has 2 aliphatic rings. The number of epoxide rings is 1. The fraction of sp³-hybridized carbons (Fsp3) is 0.938. The summed E-state index contributed by atoms with van der Waals surface area (Å²) in [6.07, 6.45) is 2.00. The average molecular weight is 316 g/mol. The summed E-state index contributed by atoms with van der Waals surface area (Å²) < 4.78 is 21.7. The summed E-state index contributed by atoms with van der Waals surface area (Å²) in [6, 6.07) is 0. The first-order chi connectivity index (χ1) is 10.2. The van der Waals surface area contributed by atoms with Gasteiger partial charge in [0.15, 0.2) is 12.6 Å². The molecule has 0 radical (unpaired) electrons. The zero-order valence-electron chi connectivity index (χ0n) is 13.9. The molecule has 0 aromatic heterocycles. The Hall–Kier alpha value is -0.690. The zero-order valence-corrected chi connectivity index (χ0v) is 13.9. The van der Waals surface area contributed by atoms with E-state index in [1.54, 1.807) is 0 Å². The van der Waals surface area contributed by atoms with E-state index in [2.05, 4.69) is 0 Å². The average Bonchev–Trinajstić information content (AvgIpc) is 3.10. The minimum absolute atomic E-state index is 0.0337. The number of esters is 1. The van der Waals surface area contributed by atoms with Gasteiger partial charge in [0.05, 0.1) is 6.10 Å². The van der Waals surface area contributed by atoms with Crippen LogP contribution in [0, 0.1) is 0 Å². The Kier molecular flexibility index (Phi) is 5.82. The number of carbonyl (C=O) groups excluding carboxylic acids is 1. The van der Waals surface area contributed by atoms with Crippen LogP contribution >= 0.6 is 0 Å². The fourth-order valence-electron chi connectivity index (χ4n) is 2.50. The molecule has 0 aliphatic carbocycles. The van der Waals surface area contributed by atoms with E-state index in [1.807, 2.05) is 27.7 Å². The van der Waals surface area contributed by atoms with Gasteiger partial charge in [-0.1, -0.05) is 6.42 Å². The highest BCUT2D eigenvalue weighted by Crippen LogP contribution is 2.36. The monoisotopic (exact) mass is 316 g/mol. The Balaban J connectivity index is 1.56. The number of hydrogen-bond donors (Lipinski definition) is 1. The van der Waals surface area contributed by atoms with E-state index in [0.29, 0.717) is 12.8 Å². The van der Waals surface area contributed by atoms with Gasteiger partial charge in [-0.15, -0.1) is 0 Å². The van der Waals surface area contributed by atoms with Crippen molar-refractivity contribution in [3.05, 3.63) is 0 Å². The Morgan fingerprint density at radius 3 is 2.73 bits per heavy atom. The van der Waals surface area contributed by atoms with Crippen LogP contribution in [0.15, 0.2) is 0 Å². The Morgan fingerprint density at radius 2 is 2.05 bits per heavy atom. The minimum atomic E-state index is -0.632. The van der Waals surface area contributed by atoms with E-state index in [-0.39, 0.29) is 24.5 Å². The third-order valence-electron chi connectivity index (χ3n) is 3.62. The van der Waals surface area contributed by atoms with Crippen molar-refractivity contribution in [3.8, 4) is 0 Å². The summed E-state index contributed by atoms with van der Waals surface area (Å²) in [4.78, 5) is 11.6. The quantitative estimate of drug-likeness (QED) is 0.440. The van der Waals surface area contributed by atoms with E-state index in [9.17, 15) is 9.90 Å². The third kappa shape index (κ3) is 5.83. The van der Waals surface area contributed by atoms with Crippen LogP contribution in [0.5, 0.6) is 0 Å². The summed E-state index contributed by atoms with van der Waals surface area (Å²) in [5, 5.41) is 9.88. The second kappa shape index (κ2) is 7.25. The number of fused-ring (bicyclic) bond motifs is 1. The standard InChI is InChI=1S/C16H28O6/c1-10(7-5-6-8-13(18)22-16(2,3)4)19-14-11(17)9-12-15(20-12)21-14/h10-12,14-15,17H,5-9H2,1-4H3/t10-,11+,12-,14-,15?/m1/s1. The number of rotatable bonds is 7. The number of ether oxygens (including phenoxy) is 4. The molecule has 1 N–H and O–H groups in total. The van der Waals surface area contributed by atoms with Gasteiger partial charge in [-0.05, 0) is 40.5 Å². The molecule has 1 unspecified atom stereocenters. The second-order valence-corrected chi connectivity index (χ2v) is 7.13. The molecule has 0 bridgehead atoms. The van der Waals surface area contributed by atoms with Crippen molar-refractivity contribution in [2.45, 2.75) is 96.3 Å². The predicted octanol–water partition coefficient (Wildman–Crippen LogP) is 2.13. The largest absolute Gasteiger partial charge is 0.460 e. The Morgan fingerprint density at radius 1 is 1.32 bits per heavy atom. The van der Waals surface area contributed by atoms with Crippen molar-refractivity contribution < 1.29 is 28.8 Å². The number of aliphatic hydroxyl groups is 1. The first-order valence-electron chi connectivity index (χ1n) is 8.11. The van der Waals surface area contributed by atoms with Crippen LogP contribution in [-0.4, -0.2) is 47.6 Å². The van der Waals surface area contributed by atoms with Crippen LogP contribution in [0.2, 0.25) is 0 Å². The summed E-state index contributed by atoms with van der Waals surface area (Å²) in [5.74, 6) is -0.163. The van der Waals surface area contributed by atoms with Crippen molar-refractivity contribution in [1.29, 1.82) is 0 Å². The topological polar surface area (TPSA) is 77.5 Å². The lowest BCUT2D eigenvalue weighted by molar-refractivity contribution is -0.239. The molecule has 6 nitrogen and oxygen atoms in total. The van der Waals surface area contributed by atoms with Gasteiger partial charge in [-0.2, -0.15) is 0 Å². The highest BCUT2D eigenvalue weighted by Gasteiger charge is 2.50. The highest BCUT2D eigenvalue weighted by molar-refractivity contribution is 5.69. The molecular formula is C16H28O6. The van der Waals surface area contributed by atoms with Crippen LogP contribution < -0.4 is 0 Å². The summed E-state index contributed by atoms with van der Waals surface area (Å²) in [5.41, 5.74) is -0.426. The molecule has 5 atom stereocenters. The molecular weight excluding hydrogens is 288 g/mol. The molecule has 2 fully saturated rings. The zero-order chi connectivity index (χ0) is 16.3. The highest BCUT2D eigenvalue weighted by atomic mass is 16.8. The maximum atomic E-state index is 11.6. The molecule has 0 spiro atoms. The Bertz CT molecular complexity index is 377.